The number of amides is 2. The van der Waals surface area contributed by atoms with Gasteiger partial charge in [0.1, 0.15) is 0 Å². The molecule has 1 unspecified atom stereocenters. The first-order valence-corrected chi connectivity index (χ1v) is 8.20. The van der Waals surface area contributed by atoms with Crippen LogP contribution in [0.2, 0.25) is 0 Å². The average molecular weight is 392 g/mol. The van der Waals surface area contributed by atoms with Crippen LogP contribution >= 0.6 is 22.6 Å². The van der Waals surface area contributed by atoms with Gasteiger partial charge in [0.05, 0.1) is 11.7 Å². The quantitative estimate of drug-likeness (QED) is 0.741. The first-order chi connectivity index (χ1) is 10.3. The Kier molecular flexibility index (Phi) is 4.43. The molecule has 0 spiro atoms. The lowest BCUT2D eigenvalue weighted by Crippen LogP contribution is -2.34. The Morgan fingerprint density at radius 3 is 2.57 bits per heavy atom. The highest BCUT2D eigenvalue weighted by Crippen LogP contribution is 2.32. The summed E-state index contributed by atoms with van der Waals surface area (Å²) in [5.74, 6) is 0. The minimum absolute atomic E-state index is 0.00882. The summed E-state index contributed by atoms with van der Waals surface area (Å²) in [4.78, 5) is 14.5. The van der Waals surface area contributed by atoms with Crippen LogP contribution in [0.3, 0.4) is 0 Å². The Morgan fingerprint density at radius 2 is 1.81 bits per heavy atom. The number of urea groups is 1. The number of carbonyl (C=O) groups is 1. The fourth-order valence-corrected chi connectivity index (χ4v) is 3.30. The standard InChI is InChI=1S/C17H17IN2O/c18-14-9-4-5-10-15(14)19-17(21)20-12-6-11-16(20)13-7-2-1-3-8-13/h1-5,7-10,16H,6,11-12H2,(H,19,21). The fraction of sp³-hybridized carbons (Fsp3) is 0.235. The van der Waals surface area contributed by atoms with Gasteiger partial charge >= 0.3 is 6.03 Å². The van der Waals surface area contributed by atoms with Crippen molar-refractivity contribution in [2.45, 2.75) is 18.9 Å². The van der Waals surface area contributed by atoms with Crippen LogP contribution in [-0.2, 0) is 0 Å². The van der Waals surface area contributed by atoms with E-state index in [2.05, 4.69) is 40.0 Å². The molecule has 2 amide bonds. The molecule has 1 aliphatic heterocycles. The second-order valence-corrected chi connectivity index (χ2v) is 6.33. The third kappa shape index (κ3) is 3.20. The normalized spacial score (nSPS) is 17.8. The molecule has 1 N–H and O–H groups in total. The number of anilines is 1. The van der Waals surface area contributed by atoms with Crippen molar-refractivity contribution in [3.63, 3.8) is 0 Å². The van der Waals surface area contributed by atoms with E-state index in [1.54, 1.807) is 0 Å². The van der Waals surface area contributed by atoms with Gasteiger partial charge in [0.25, 0.3) is 0 Å². The van der Waals surface area contributed by atoms with Crippen molar-refractivity contribution < 1.29 is 4.79 Å². The smallest absolute Gasteiger partial charge is 0.317 e. The number of likely N-dealkylation sites (tertiary alicyclic amines) is 1. The lowest BCUT2D eigenvalue weighted by molar-refractivity contribution is 0.207. The highest BCUT2D eigenvalue weighted by Gasteiger charge is 2.29. The molecule has 21 heavy (non-hydrogen) atoms. The predicted molar refractivity (Wildman–Crippen MR) is 93.3 cm³/mol. The number of hydrogen-bond donors (Lipinski definition) is 1. The Hall–Kier alpha value is -1.56. The van der Waals surface area contributed by atoms with Crippen molar-refractivity contribution in [3.8, 4) is 0 Å². The van der Waals surface area contributed by atoms with Gasteiger partial charge in [0.2, 0.25) is 0 Å². The maximum absolute atomic E-state index is 12.6. The summed E-state index contributed by atoms with van der Waals surface area (Å²) in [7, 11) is 0. The fourth-order valence-electron chi connectivity index (χ4n) is 2.78. The van der Waals surface area contributed by atoms with Crippen LogP contribution < -0.4 is 5.32 Å². The van der Waals surface area contributed by atoms with E-state index in [-0.39, 0.29) is 12.1 Å². The lowest BCUT2D eigenvalue weighted by Gasteiger charge is -2.25. The van der Waals surface area contributed by atoms with Crippen LogP contribution in [-0.4, -0.2) is 17.5 Å². The molecule has 2 aromatic carbocycles. The number of halogens is 1. The molecule has 1 atom stereocenters. The zero-order valence-corrected chi connectivity index (χ0v) is 13.8. The maximum atomic E-state index is 12.6. The van der Waals surface area contributed by atoms with Gasteiger partial charge in [0.15, 0.2) is 0 Å². The Labute approximate surface area is 138 Å². The maximum Gasteiger partial charge on any atom is 0.322 e. The van der Waals surface area contributed by atoms with E-state index in [0.717, 1.165) is 28.6 Å². The molecule has 3 nitrogen and oxygen atoms in total. The second kappa shape index (κ2) is 6.47. The number of nitrogens with one attached hydrogen (secondary N) is 1. The molecular weight excluding hydrogens is 375 g/mol. The van der Waals surface area contributed by atoms with E-state index < -0.39 is 0 Å². The van der Waals surface area contributed by atoms with E-state index in [1.165, 1.54) is 5.56 Å². The average Bonchev–Trinajstić information content (AvgIpc) is 3.00. The minimum atomic E-state index is -0.00882. The topological polar surface area (TPSA) is 32.3 Å². The van der Waals surface area contributed by atoms with Gasteiger partial charge in [0, 0.05) is 10.1 Å². The first kappa shape index (κ1) is 14.4. The first-order valence-electron chi connectivity index (χ1n) is 7.13. The van der Waals surface area contributed by atoms with Crippen LogP contribution in [0.5, 0.6) is 0 Å². The van der Waals surface area contributed by atoms with E-state index in [9.17, 15) is 4.79 Å². The van der Waals surface area contributed by atoms with Crippen molar-refractivity contribution in [2.75, 3.05) is 11.9 Å². The summed E-state index contributed by atoms with van der Waals surface area (Å²) in [5.41, 5.74) is 2.09. The van der Waals surface area contributed by atoms with Crippen LogP contribution in [0.25, 0.3) is 0 Å². The molecule has 1 aliphatic rings. The van der Waals surface area contributed by atoms with E-state index in [0.29, 0.717) is 0 Å². The highest BCUT2D eigenvalue weighted by molar-refractivity contribution is 14.1. The Bertz CT molecular complexity index is 630. The number of para-hydroxylation sites is 1. The Morgan fingerprint density at radius 1 is 1.10 bits per heavy atom. The van der Waals surface area contributed by atoms with Crippen molar-refractivity contribution in [1.82, 2.24) is 4.90 Å². The second-order valence-electron chi connectivity index (χ2n) is 5.17. The number of rotatable bonds is 2. The molecule has 1 saturated heterocycles. The molecule has 2 aromatic rings. The molecule has 108 valence electrons. The van der Waals surface area contributed by atoms with Gasteiger partial charge in [-0.2, -0.15) is 0 Å². The van der Waals surface area contributed by atoms with Gasteiger partial charge in [-0.25, -0.2) is 4.79 Å². The van der Waals surface area contributed by atoms with Crippen LogP contribution in [0.4, 0.5) is 10.5 Å². The molecule has 4 heteroatoms. The third-order valence-electron chi connectivity index (χ3n) is 3.81. The number of carbonyl (C=O) groups excluding carboxylic acids is 1. The summed E-state index contributed by atoms with van der Waals surface area (Å²) >= 11 is 2.24. The molecule has 0 aliphatic carbocycles. The SMILES string of the molecule is O=C(Nc1ccccc1I)N1CCCC1c1ccccc1. The minimum Gasteiger partial charge on any atom is -0.317 e. The number of nitrogens with zero attached hydrogens (tertiary/aromatic N) is 1. The zero-order valence-electron chi connectivity index (χ0n) is 11.6. The monoisotopic (exact) mass is 392 g/mol. The van der Waals surface area contributed by atoms with Gasteiger partial charge in [-0.15, -0.1) is 0 Å². The lowest BCUT2D eigenvalue weighted by atomic mass is 10.1. The van der Waals surface area contributed by atoms with Crippen molar-refractivity contribution in [2.24, 2.45) is 0 Å². The molecule has 0 radical (unpaired) electrons. The summed E-state index contributed by atoms with van der Waals surface area (Å²) in [6.07, 6.45) is 2.09. The molecular formula is C17H17IN2O. The summed E-state index contributed by atoms with van der Waals surface area (Å²) < 4.78 is 1.05. The zero-order chi connectivity index (χ0) is 14.7. The van der Waals surface area contributed by atoms with Crippen LogP contribution in [0, 0.1) is 3.57 Å². The predicted octanol–water partition coefficient (Wildman–Crippen LogP) is 4.66. The van der Waals surface area contributed by atoms with Crippen LogP contribution in [0.15, 0.2) is 54.6 Å². The molecule has 3 rings (SSSR count). The summed E-state index contributed by atoms with van der Waals surface area (Å²) in [6.45, 7) is 0.814. The Balaban J connectivity index is 1.76. The molecule has 1 heterocycles. The molecule has 0 saturated carbocycles. The number of hydrogen-bond acceptors (Lipinski definition) is 1. The highest BCUT2D eigenvalue weighted by atomic mass is 127. The number of benzene rings is 2. The van der Waals surface area contributed by atoms with Gasteiger partial charge < -0.3 is 10.2 Å². The van der Waals surface area contributed by atoms with Gasteiger partial charge in [-0.1, -0.05) is 42.5 Å². The molecule has 0 aromatic heterocycles. The third-order valence-corrected chi connectivity index (χ3v) is 4.75. The van der Waals surface area contributed by atoms with Crippen molar-refractivity contribution in [3.05, 3.63) is 63.7 Å². The van der Waals surface area contributed by atoms with E-state index in [4.69, 9.17) is 0 Å². The van der Waals surface area contributed by atoms with Crippen LogP contribution in [0.1, 0.15) is 24.4 Å². The molecule has 1 fully saturated rings. The van der Waals surface area contributed by atoms with Crippen molar-refractivity contribution in [1.29, 1.82) is 0 Å². The summed E-state index contributed by atoms with van der Waals surface area (Å²) in [6, 6.07) is 18.3. The van der Waals surface area contributed by atoms with Crippen molar-refractivity contribution >= 4 is 34.3 Å². The molecule has 0 bridgehead atoms. The largest absolute Gasteiger partial charge is 0.322 e. The van der Waals surface area contributed by atoms with E-state index in [1.807, 2.05) is 47.4 Å². The van der Waals surface area contributed by atoms with Gasteiger partial charge in [-0.05, 0) is 53.1 Å². The van der Waals surface area contributed by atoms with Gasteiger partial charge in [-0.3, -0.25) is 0 Å². The van der Waals surface area contributed by atoms with E-state index >= 15 is 0 Å². The summed E-state index contributed by atoms with van der Waals surface area (Å²) in [5, 5.41) is 3.03.